The number of rotatable bonds is 9. The SMILES string of the molecule is COc1cc(/C=C2/SC(=O)N(CCCc3ccccc3)C2=O)cc(Cl)c1OCc1ccccc1F. The van der Waals surface area contributed by atoms with Gasteiger partial charge in [-0.15, -0.1) is 0 Å². The van der Waals surface area contributed by atoms with Crippen molar-refractivity contribution >= 4 is 40.6 Å². The van der Waals surface area contributed by atoms with Gasteiger partial charge in [-0.1, -0.05) is 60.1 Å². The first-order valence-electron chi connectivity index (χ1n) is 11.0. The van der Waals surface area contributed by atoms with Crippen LogP contribution in [0.25, 0.3) is 6.08 Å². The molecule has 0 spiro atoms. The number of carbonyl (C=O) groups is 2. The molecule has 1 saturated heterocycles. The van der Waals surface area contributed by atoms with Crippen LogP contribution in [0.2, 0.25) is 5.02 Å². The second kappa shape index (κ2) is 11.4. The fraction of sp³-hybridized carbons (Fsp3) is 0.185. The van der Waals surface area contributed by atoms with Crippen LogP contribution in [0.15, 0.2) is 71.6 Å². The summed E-state index contributed by atoms with van der Waals surface area (Å²) in [6.45, 7) is 0.327. The van der Waals surface area contributed by atoms with Gasteiger partial charge in [0.15, 0.2) is 11.5 Å². The zero-order valence-corrected chi connectivity index (χ0v) is 20.6. The summed E-state index contributed by atoms with van der Waals surface area (Å²) in [4.78, 5) is 26.9. The first kappa shape index (κ1) is 24.8. The van der Waals surface area contributed by atoms with Gasteiger partial charge in [-0.3, -0.25) is 14.5 Å². The molecule has 35 heavy (non-hydrogen) atoms. The summed E-state index contributed by atoms with van der Waals surface area (Å²) in [7, 11) is 1.46. The lowest BCUT2D eigenvalue weighted by atomic mass is 10.1. The van der Waals surface area contributed by atoms with Crippen LogP contribution in [0.4, 0.5) is 9.18 Å². The molecule has 0 aliphatic carbocycles. The molecule has 0 aromatic heterocycles. The molecular weight excluding hydrogens is 489 g/mol. The average Bonchev–Trinajstić information content (AvgIpc) is 3.12. The summed E-state index contributed by atoms with van der Waals surface area (Å²) in [5.41, 5.74) is 2.13. The molecule has 8 heteroatoms. The van der Waals surface area contributed by atoms with Crippen molar-refractivity contribution in [3.63, 3.8) is 0 Å². The van der Waals surface area contributed by atoms with E-state index in [9.17, 15) is 14.0 Å². The molecule has 1 aliphatic rings. The number of imide groups is 1. The highest BCUT2D eigenvalue weighted by atomic mass is 35.5. The predicted octanol–water partition coefficient (Wildman–Crippen LogP) is 6.74. The first-order valence-corrected chi connectivity index (χ1v) is 12.2. The van der Waals surface area contributed by atoms with Crippen molar-refractivity contribution in [1.29, 1.82) is 0 Å². The van der Waals surface area contributed by atoms with E-state index in [1.807, 2.05) is 30.3 Å². The van der Waals surface area contributed by atoms with E-state index in [-0.39, 0.29) is 34.3 Å². The fourth-order valence-electron chi connectivity index (χ4n) is 3.66. The van der Waals surface area contributed by atoms with Crippen molar-refractivity contribution in [2.75, 3.05) is 13.7 Å². The monoisotopic (exact) mass is 511 g/mol. The number of hydrogen-bond acceptors (Lipinski definition) is 5. The summed E-state index contributed by atoms with van der Waals surface area (Å²) in [6.07, 6.45) is 3.07. The van der Waals surface area contributed by atoms with Crippen molar-refractivity contribution in [3.05, 3.63) is 99.2 Å². The second-order valence-corrected chi connectivity index (χ2v) is 9.24. The largest absolute Gasteiger partial charge is 0.493 e. The molecule has 1 aliphatic heterocycles. The van der Waals surface area contributed by atoms with Gasteiger partial charge in [-0.2, -0.15) is 0 Å². The van der Waals surface area contributed by atoms with Gasteiger partial charge in [0.25, 0.3) is 11.1 Å². The van der Waals surface area contributed by atoms with E-state index in [1.54, 1.807) is 36.4 Å². The Balaban J connectivity index is 1.45. The molecule has 0 atom stereocenters. The zero-order valence-electron chi connectivity index (χ0n) is 19.0. The summed E-state index contributed by atoms with van der Waals surface area (Å²) < 4.78 is 25.1. The van der Waals surface area contributed by atoms with E-state index in [0.717, 1.165) is 23.7 Å². The maximum absolute atomic E-state index is 13.9. The number of thioether (sulfide) groups is 1. The molecule has 3 aromatic carbocycles. The second-order valence-electron chi connectivity index (χ2n) is 7.84. The Morgan fingerprint density at radius 3 is 2.54 bits per heavy atom. The fourth-order valence-corrected chi connectivity index (χ4v) is 4.80. The molecule has 0 bridgehead atoms. The van der Waals surface area contributed by atoms with E-state index < -0.39 is 0 Å². The summed E-state index contributed by atoms with van der Waals surface area (Å²) in [5, 5.41) is -0.0498. The van der Waals surface area contributed by atoms with Gasteiger partial charge in [-0.05, 0) is 60.0 Å². The minimum atomic E-state index is -0.376. The lowest BCUT2D eigenvalue weighted by molar-refractivity contribution is -0.122. The van der Waals surface area contributed by atoms with Crippen molar-refractivity contribution in [2.24, 2.45) is 0 Å². The standard InChI is InChI=1S/C27H23ClFNO4S/c1-33-23-15-19(14-21(28)25(23)34-17-20-11-5-6-12-22(20)29)16-24-26(31)30(27(32)35-24)13-7-10-18-8-3-2-4-9-18/h2-6,8-9,11-12,14-16H,7,10,13,17H2,1H3/b24-16+. The average molecular weight is 512 g/mol. The Bertz CT molecular complexity index is 1270. The van der Waals surface area contributed by atoms with Gasteiger partial charge >= 0.3 is 0 Å². The quantitative estimate of drug-likeness (QED) is 0.298. The molecule has 0 saturated carbocycles. The maximum Gasteiger partial charge on any atom is 0.293 e. The van der Waals surface area contributed by atoms with Crippen LogP contribution >= 0.6 is 23.4 Å². The lowest BCUT2D eigenvalue weighted by Gasteiger charge is -2.14. The lowest BCUT2D eigenvalue weighted by Crippen LogP contribution is -2.29. The van der Waals surface area contributed by atoms with Crippen molar-refractivity contribution in [3.8, 4) is 11.5 Å². The third-order valence-electron chi connectivity index (χ3n) is 5.44. The Labute approximate surface area is 212 Å². The Morgan fingerprint density at radius 1 is 1.06 bits per heavy atom. The number of methoxy groups -OCH3 is 1. The number of carbonyl (C=O) groups excluding carboxylic acids is 2. The van der Waals surface area contributed by atoms with Crippen molar-refractivity contribution in [2.45, 2.75) is 19.4 Å². The van der Waals surface area contributed by atoms with Crippen LogP contribution < -0.4 is 9.47 Å². The maximum atomic E-state index is 13.9. The number of halogens is 2. The Kier molecular flexibility index (Phi) is 8.10. The summed E-state index contributed by atoms with van der Waals surface area (Å²) in [5.74, 6) is -0.104. The highest BCUT2D eigenvalue weighted by molar-refractivity contribution is 8.18. The Hall–Kier alpha value is -3.29. The molecule has 1 heterocycles. The molecule has 0 unspecified atom stereocenters. The molecule has 4 rings (SSSR count). The molecule has 3 aromatic rings. The van der Waals surface area contributed by atoms with Crippen LogP contribution in [-0.4, -0.2) is 29.7 Å². The number of nitrogens with zero attached hydrogens (tertiary/aromatic N) is 1. The summed E-state index contributed by atoms with van der Waals surface area (Å²) in [6, 6.07) is 19.5. The van der Waals surface area contributed by atoms with Crippen LogP contribution in [-0.2, 0) is 17.8 Å². The van der Waals surface area contributed by atoms with E-state index >= 15 is 0 Å². The third-order valence-corrected chi connectivity index (χ3v) is 6.63. The molecule has 1 fully saturated rings. The number of amides is 2. The highest BCUT2D eigenvalue weighted by Gasteiger charge is 2.34. The van der Waals surface area contributed by atoms with Gasteiger partial charge in [0.05, 0.1) is 17.0 Å². The Morgan fingerprint density at radius 2 is 1.80 bits per heavy atom. The van der Waals surface area contributed by atoms with Crippen LogP contribution in [0.1, 0.15) is 23.1 Å². The van der Waals surface area contributed by atoms with Gasteiger partial charge in [0, 0.05) is 12.1 Å². The molecule has 180 valence electrons. The van der Waals surface area contributed by atoms with Crippen LogP contribution in [0, 0.1) is 5.82 Å². The van der Waals surface area contributed by atoms with E-state index in [2.05, 4.69) is 0 Å². The van der Waals surface area contributed by atoms with Gasteiger partial charge in [0.1, 0.15) is 12.4 Å². The molecule has 5 nitrogen and oxygen atoms in total. The number of benzene rings is 3. The van der Waals surface area contributed by atoms with Gasteiger partial charge in [-0.25, -0.2) is 4.39 Å². The molecular formula is C27H23ClFNO4S. The van der Waals surface area contributed by atoms with E-state index in [4.69, 9.17) is 21.1 Å². The van der Waals surface area contributed by atoms with Gasteiger partial charge < -0.3 is 9.47 Å². The highest BCUT2D eigenvalue weighted by Crippen LogP contribution is 2.39. The van der Waals surface area contributed by atoms with Gasteiger partial charge in [0.2, 0.25) is 0 Å². The smallest absolute Gasteiger partial charge is 0.293 e. The molecule has 0 N–H and O–H groups in total. The minimum absolute atomic E-state index is 0.0238. The van der Waals surface area contributed by atoms with Crippen LogP contribution in [0.3, 0.4) is 0 Å². The van der Waals surface area contributed by atoms with Crippen molar-refractivity contribution < 1.29 is 23.5 Å². The van der Waals surface area contributed by atoms with E-state index in [1.165, 1.54) is 18.1 Å². The molecule has 0 radical (unpaired) electrons. The van der Waals surface area contributed by atoms with E-state index in [0.29, 0.717) is 34.7 Å². The number of aryl methyl sites for hydroxylation is 1. The molecule has 2 amide bonds. The normalized spacial score (nSPS) is 14.6. The summed E-state index contributed by atoms with van der Waals surface area (Å²) >= 11 is 7.33. The topological polar surface area (TPSA) is 55.8 Å². The first-order chi connectivity index (χ1) is 17.0. The zero-order chi connectivity index (χ0) is 24.8. The third kappa shape index (κ3) is 6.05. The van der Waals surface area contributed by atoms with Crippen molar-refractivity contribution in [1.82, 2.24) is 4.90 Å². The predicted molar refractivity (Wildman–Crippen MR) is 136 cm³/mol. The number of ether oxygens (including phenoxy) is 2. The number of hydrogen-bond donors (Lipinski definition) is 0. The minimum Gasteiger partial charge on any atom is -0.493 e. The van der Waals surface area contributed by atoms with Crippen LogP contribution in [0.5, 0.6) is 11.5 Å².